The predicted molar refractivity (Wildman–Crippen MR) is 63.9 cm³/mol. The summed E-state index contributed by atoms with van der Waals surface area (Å²) >= 11 is 3.41. The van der Waals surface area contributed by atoms with Crippen LogP contribution >= 0.6 is 15.9 Å². The molecule has 0 spiro atoms. The second-order valence-electron chi connectivity index (χ2n) is 3.10. The number of halogens is 1. The van der Waals surface area contributed by atoms with E-state index in [-0.39, 0.29) is 0 Å². The van der Waals surface area contributed by atoms with E-state index in [4.69, 9.17) is 4.74 Å². The minimum Gasteiger partial charge on any atom is -0.481 e. The number of rotatable bonds is 2. The van der Waals surface area contributed by atoms with Crippen molar-refractivity contribution in [3.8, 4) is 17.0 Å². The highest BCUT2D eigenvalue weighted by Crippen LogP contribution is 2.22. The molecule has 0 fully saturated rings. The van der Waals surface area contributed by atoms with Crippen molar-refractivity contribution in [3.63, 3.8) is 0 Å². The minimum absolute atomic E-state index is 0.635. The third kappa shape index (κ3) is 2.36. The molecular weight excluding hydrogens is 254 g/mol. The highest BCUT2D eigenvalue weighted by molar-refractivity contribution is 9.10. The van der Waals surface area contributed by atoms with Gasteiger partial charge in [0.25, 0.3) is 0 Å². The third-order valence-electron chi connectivity index (χ3n) is 2.12. The summed E-state index contributed by atoms with van der Waals surface area (Å²) in [7, 11) is 1.61. The smallest absolute Gasteiger partial charge is 0.212 e. The van der Waals surface area contributed by atoms with Gasteiger partial charge in [-0.1, -0.05) is 28.1 Å². The third-order valence-corrected chi connectivity index (χ3v) is 2.65. The first-order valence-corrected chi connectivity index (χ1v) is 5.35. The zero-order valence-corrected chi connectivity index (χ0v) is 9.86. The van der Waals surface area contributed by atoms with Gasteiger partial charge in [-0.05, 0) is 23.8 Å². The van der Waals surface area contributed by atoms with Crippen LogP contribution in [-0.4, -0.2) is 12.1 Å². The fraction of sp³-hybridized carbons (Fsp3) is 0.0833. The zero-order chi connectivity index (χ0) is 10.7. The van der Waals surface area contributed by atoms with Gasteiger partial charge < -0.3 is 4.74 Å². The number of hydrogen-bond donors (Lipinski definition) is 0. The van der Waals surface area contributed by atoms with Crippen molar-refractivity contribution in [1.29, 1.82) is 0 Å². The first kappa shape index (κ1) is 10.2. The molecule has 3 heteroatoms. The van der Waals surface area contributed by atoms with Gasteiger partial charge in [-0.2, -0.15) is 0 Å². The number of nitrogens with zero attached hydrogens (tertiary/aromatic N) is 1. The molecule has 15 heavy (non-hydrogen) atoms. The second kappa shape index (κ2) is 4.45. The van der Waals surface area contributed by atoms with Gasteiger partial charge in [0.1, 0.15) is 0 Å². The Hall–Kier alpha value is -1.35. The molecule has 1 aromatic heterocycles. The molecule has 0 saturated heterocycles. The molecular formula is C12H10BrNO. The van der Waals surface area contributed by atoms with Crippen LogP contribution < -0.4 is 4.74 Å². The highest BCUT2D eigenvalue weighted by Gasteiger charge is 1.98. The van der Waals surface area contributed by atoms with Crippen LogP contribution in [0.3, 0.4) is 0 Å². The Balaban J connectivity index is 2.33. The fourth-order valence-electron chi connectivity index (χ4n) is 1.31. The largest absolute Gasteiger partial charge is 0.481 e. The summed E-state index contributed by atoms with van der Waals surface area (Å²) in [5, 5.41) is 0. The average Bonchev–Trinajstić information content (AvgIpc) is 2.30. The van der Waals surface area contributed by atoms with E-state index < -0.39 is 0 Å². The van der Waals surface area contributed by atoms with Crippen molar-refractivity contribution in [2.45, 2.75) is 0 Å². The lowest BCUT2D eigenvalue weighted by atomic mass is 10.1. The van der Waals surface area contributed by atoms with Gasteiger partial charge in [-0.15, -0.1) is 0 Å². The van der Waals surface area contributed by atoms with Crippen LogP contribution in [-0.2, 0) is 0 Å². The maximum absolute atomic E-state index is 5.01. The SMILES string of the molecule is COc1ccc(-c2ccc(Br)cc2)cn1. The van der Waals surface area contributed by atoms with Gasteiger partial charge in [-0.3, -0.25) is 0 Å². The van der Waals surface area contributed by atoms with E-state index in [2.05, 4.69) is 20.9 Å². The van der Waals surface area contributed by atoms with E-state index in [9.17, 15) is 0 Å². The van der Waals surface area contributed by atoms with Crippen LogP contribution in [0.4, 0.5) is 0 Å². The van der Waals surface area contributed by atoms with E-state index in [1.165, 1.54) is 0 Å². The summed E-state index contributed by atoms with van der Waals surface area (Å²) in [5.41, 5.74) is 2.23. The number of hydrogen-bond acceptors (Lipinski definition) is 2. The highest BCUT2D eigenvalue weighted by atomic mass is 79.9. The van der Waals surface area contributed by atoms with Gasteiger partial charge in [-0.25, -0.2) is 4.98 Å². The predicted octanol–water partition coefficient (Wildman–Crippen LogP) is 3.52. The van der Waals surface area contributed by atoms with Crippen molar-refractivity contribution in [2.24, 2.45) is 0 Å². The van der Waals surface area contributed by atoms with Crippen LogP contribution in [0.1, 0.15) is 0 Å². The molecule has 2 nitrogen and oxygen atoms in total. The zero-order valence-electron chi connectivity index (χ0n) is 8.27. The molecule has 1 aromatic carbocycles. The first-order valence-electron chi connectivity index (χ1n) is 4.55. The molecule has 0 amide bonds. The summed E-state index contributed by atoms with van der Waals surface area (Å²) in [5.74, 6) is 0.635. The van der Waals surface area contributed by atoms with E-state index in [0.29, 0.717) is 5.88 Å². The molecule has 2 rings (SSSR count). The molecule has 0 bridgehead atoms. The Morgan fingerprint density at radius 3 is 2.20 bits per heavy atom. The summed E-state index contributed by atoms with van der Waals surface area (Å²) in [6.07, 6.45) is 1.81. The van der Waals surface area contributed by atoms with Crippen molar-refractivity contribution in [2.75, 3.05) is 7.11 Å². The Morgan fingerprint density at radius 2 is 1.67 bits per heavy atom. The van der Waals surface area contributed by atoms with Gasteiger partial charge in [0.15, 0.2) is 0 Å². The first-order chi connectivity index (χ1) is 7.29. The molecule has 0 saturated carbocycles. The summed E-state index contributed by atoms with van der Waals surface area (Å²) in [6, 6.07) is 12.0. The van der Waals surface area contributed by atoms with Crippen LogP contribution in [0.5, 0.6) is 5.88 Å². The second-order valence-corrected chi connectivity index (χ2v) is 4.01. The Bertz CT molecular complexity index is 436. The van der Waals surface area contributed by atoms with Gasteiger partial charge in [0.05, 0.1) is 7.11 Å². The standard InChI is InChI=1S/C12H10BrNO/c1-15-12-7-4-10(8-14-12)9-2-5-11(13)6-3-9/h2-8H,1H3. The van der Waals surface area contributed by atoms with E-state index >= 15 is 0 Å². The molecule has 0 radical (unpaired) electrons. The molecule has 0 unspecified atom stereocenters. The normalized spacial score (nSPS) is 10.0. The molecule has 76 valence electrons. The summed E-state index contributed by atoms with van der Waals surface area (Å²) < 4.78 is 6.08. The number of ether oxygens (including phenoxy) is 1. The Labute approximate surface area is 97.1 Å². The van der Waals surface area contributed by atoms with E-state index in [1.807, 2.05) is 42.6 Å². The number of pyridine rings is 1. The maximum atomic E-state index is 5.01. The minimum atomic E-state index is 0.635. The molecule has 0 aliphatic rings. The summed E-state index contributed by atoms with van der Waals surface area (Å²) in [4.78, 5) is 4.16. The van der Waals surface area contributed by atoms with E-state index in [0.717, 1.165) is 15.6 Å². The van der Waals surface area contributed by atoms with Crippen LogP contribution in [0.25, 0.3) is 11.1 Å². The molecule has 0 N–H and O–H groups in total. The van der Waals surface area contributed by atoms with E-state index in [1.54, 1.807) is 7.11 Å². The maximum Gasteiger partial charge on any atom is 0.212 e. The molecule has 0 atom stereocenters. The Morgan fingerprint density at radius 1 is 1.00 bits per heavy atom. The molecule has 0 aliphatic heterocycles. The van der Waals surface area contributed by atoms with Crippen LogP contribution in [0.2, 0.25) is 0 Å². The van der Waals surface area contributed by atoms with Crippen molar-refractivity contribution < 1.29 is 4.74 Å². The number of aromatic nitrogens is 1. The van der Waals surface area contributed by atoms with Gasteiger partial charge in [0.2, 0.25) is 5.88 Å². The quantitative estimate of drug-likeness (QED) is 0.827. The Kier molecular flexibility index (Phi) is 3.02. The van der Waals surface area contributed by atoms with Gasteiger partial charge >= 0.3 is 0 Å². The topological polar surface area (TPSA) is 22.1 Å². The molecule has 1 heterocycles. The monoisotopic (exact) mass is 263 g/mol. The van der Waals surface area contributed by atoms with Crippen LogP contribution in [0.15, 0.2) is 47.1 Å². The number of methoxy groups -OCH3 is 1. The van der Waals surface area contributed by atoms with Gasteiger partial charge in [0, 0.05) is 22.3 Å². The van der Waals surface area contributed by atoms with Crippen molar-refractivity contribution in [1.82, 2.24) is 4.98 Å². The number of benzene rings is 1. The van der Waals surface area contributed by atoms with Crippen LogP contribution in [0, 0.1) is 0 Å². The van der Waals surface area contributed by atoms with Crippen molar-refractivity contribution in [3.05, 3.63) is 47.1 Å². The lowest BCUT2D eigenvalue weighted by Crippen LogP contribution is -1.86. The van der Waals surface area contributed by atoms with Crippen molar-refractivity contribution >= 4 is 15.9 Å². The molecule has 2 aromatic rings. The summed E-state index contributed by atoms with van der Waals surface area (Å²) in [6.45, 7) is 0. The fourth-order valence-corrected chi connectivity index (χ4v) is 1.58. The lowest BCUT2D eigenvalue weighted by molar-refractivity contribution is 0.398. The average molecular weight is 264 g/mol. The molecule has 0 aliphatic carbocycles. The lowest BCUT2D eigenvalue weighted by Gasteiger charge is -2.02.